The van der Waals surface area contributed by atoms with Gasteiger partial charge in [0.25, 0.3) is 11.8 Å². The Labute approximate surface area is 231 Å². The van der Waals surface area contributed by atoms with Crippen molar-refractivity contribution in [2.45, 2.75) is 38.9 Å². The monoisotopic (exact) mass is 532 g/mol. The molecule has 0 radical (unpaired) electrons. The minimum Gasteiger partial charge on any atom is -0.497 e. The second-order valence-corrected chi connectivity index (χ2v) is 9.34. The first-order valence-electron chi connectivity index (χ1n) is 13.3. The Morgan fingerprint density at radius 1 is 0.846 bits per heavy atom. The van der Waals surface area contributed by atoms with Gasteiger partial charge >= 0.3 is 0 Å². The third-order valence-corrected chi connectivity index (χ3v) is 6.68. The summed E-state index contributed by atoms with van der Waals surface area (Å²) in [5.41, 5.74) is 9.53. The predicted octanol–water partition coefficient (Wildman–Crippen LogP) is 3.64. The summed E-state index contributed by atoms with van der Waals surface area (Å²) in [7, 11) is 3.16. The summed E-state index contributed by atoms with van der Waals surface area (Å²) in [6.45, 7) is 6.10. The molecule has 0 fully saturated rings. The third kappa shape index (κ3) is 8.56. The Kier molecular flexibility index (Phi) is 11.3. The van der Waals surface area contributed by atoms with Crippen LogP contribution in [0.5, 0.6) is 11.5 Å². The van der Waals surface area contributed by atoms with Crippen LogP contribution in [0.25, 0.3) is 0 Å². The van der Waals surface area contributed by atoms with Crippen LogP contribution in [0.1, 0.15) is 45.7 Å². The van der Waals surface area contributed by atoms with E-state index in [0.29, 0.717) is 49.5 Å². The Bertz CT molecular complexity index is 1210. The molecule has 0 heterocycles. The third-order valence-electron chi connectivity index (χ3n) is 6.68. The summed E-state index contributed by atoms with van der Waals surface area (Å²) < 4.78 is 10.7. The first kappa shape index (κ1) is 29.7. The predicted molar refractivity (Wildman–Crippen MR) is 154 cm³/mol. The number of rotatable bonds is 14. The minimum absolute atomic E-state index is 0.146. The van der Waals surface area contributed by atoms with E-state index in [1.54, 1.807) is 30.2 Å². The summed E-state index contributed by atoms with van der Waals surface area (Å²) in [6.07, 6.45) is 0.559. The van der Waals surface area contributed by atoms with E-state index in [9.17, 15) is 9.59 Å². The van der Waals surface area contributed by atoms with E-state index in [1.165, 1.54) is 7.11 Å². The van der Waals surface area contributed by atoms with Gasteiger partial charge in [0.2, 0.25) is 0 Å². The molecule has 0 saturated carbocycles. The SMILES string of the molecule is CCN(CC)C(=O)c1cc(OC)cc(C(=O)N[C@@H](Cc2ccccc2)C(N)CNCc2cccc(OC)c2)c1. The van der Waals surface area contributed by atoms with Crippen molar-refractivity contribution in [3.8, 4) is 11.5 Å². The van der Waals surface area contributed by atoms with Crippen LogP contribution in [-0.2, 0) is 13.0 Å². The summed E-state index contributed by atoms with van der Waals surface area (Å²) >= 11 is 0. The van der Waals surface area contributed by atoms with Crippen molar-refractivity contribution in [3.05, 3.63) is 95.1 Å². The van der Waals surface area contributed by atoms with Gasteiger partial charge in [-0.25, -0.2) is 0 Å². The first-order valence-corrected chi connectivity index (χ1v) is 13.3. The number of nitrogens with zero attached hydrogens (tertiary/aromatic N) is 1. The number of carbonyl (C=O) groups excluding carboxylic acids is 2. The maximum atomic E-state index is 13.5. The van der Waals surface area contributed by atoms with E-state index in [-0.39, 0.29) is 23.9 Å². The standard InChI is InChI=1S/C31H40N4O4/c1-5-35(6-2)31(37)25-17-24(18-27(19-25)39-4)30(36)34-29(16-22-11-8-7-9-12-22)28(32)21-33-20-23-13-10-14-26(15-23)38-3/h7-15,17-19,28-29,33H,5-6,16,20-21,32H2,1-4H3,(H,34,36)/t28?,29-/m0/s1. The lowest BCUT2D eigenvalue weighted by molar-refractivity contribution is 0.0772. The Morgan fingerprint density at radius 3 is 2.18 bits per heavy atom. The normalized spacial score (nSPS) is 12.3. The molecule has 0 bridgehead atoms. The van der Waals surface area contributed by atoms with Gasteiger partial charge in [0.15, 0.2) is 0 Å². The highest BCUT2D eigenvalue weighted by molar-refractivity contribution is 6.00. The van der Waals surface area contributed by atoms with Gasteiger partial charge in [-0.1, -0.05) is 42.5 Å². The molecule has 0 spiro atoms. The van der Waals surface area contributed by atoms with Crippen LogP contribution in [0.3, 0.4) is 0 Å². The highest BCUT2D eigenvalue weighted by Crippen LogP contribution is 2.19. The van der Waals surface area contributed by atoms with Gasteiger partial charge in [0.1, 0.15) is 11.5 Å². The summed E-state index contributed by atoms with van der Waals surface area (Å²) in [5.74, 6) is 0.783. The molecule has 0 aliphatic rings. The largest absolute Gasteiger partial charge is 0.497 e. The Balaban J connectivity index is 1.77. The van der Waals surface area contributed by atoms with Crippen LogP contribution in [0.2, 0.25) is 0 Å². The molecule has 2 amide bonds. The Hall–Kier alpha value is -3.88. The molecule has 39 heavy (non-hydrogen) atoms. The summed E-state index contributed by atoms with van der Waals surface area (Å²) in [6, 6.07) is 21.9. The smallest absolute Gasteiger partial charge is 0.253 e. The average molecular weight is 533 g/mol. The number of amides is 2. The van der Waals surface area contributed by atoms with Gasteiger partial charge < -0.3 is 30.7 Å². The zero-order valence-corrected chi connectivity index (χ0v) is 23.3. The molecule has 3 aromatic carbocycles. The fourth-order valence-corrected chi connectivity index (χ4v) is 4.40. The summed E-state index contributed by atoms with van der Waals surface area (Å²) in [4.78, 5) is 28.2. The van der Waals surface area contributed by atoms with Crippen LogP contribution >= 0.6 is 0 Å². The van der Waals surface area contributed by atoms with Crippen LogP contribution in [0.4, 0.5) is 0 Å². The number of hydrogen-bond donors (Lipinski definition) is 3. The van der Waals surface area contributed by atoms with Gasteiger partial charge in [-0.15, -0.1) is 0 Å². The van der Waals surface area contributed by atoms with E-state index in [0.717, 1.165) is 16.9 Å². The molecule has 0 aromatic heterocycles. The van der Waals surface area contributed by atoms with Gasteiger partial charge in [0, 0.05) is 49.4 Å². The van der Waals surface area contributed by atoms with Crippen LogP contribution < -0.4 is 25.8 Å². The molecule has 3 aromatic rings. The molecule has 8 nitrogen and oxygen atoms in total. The molecule has 4 N–H and O–H groups in total. The second kappa shape index (κ2) is 14.9. The van der Waals surface area contributed by atoms with Crippen molar-refractivity contribution < 1.29 is 19.1 Å². The van der Waals surface area contributed by atoms with E-state index in [1.807, 2.05) is 68.4 Å². The molecule has 0 saturated heterocycles. The summed E-state index contributed by atoms with van der Waals surface area (Å²) in [5, 5.41) is 6.52. The quantitative estimate of drug-likeness (QED) is 0.293. The fraction of sp³-hybridized carbons (Fsp3) is 0.355. The Morgan fingerprint density at radius 2 is 1.51 bits per heavy atom. The number of hydrogen-bond acceptors (Lipinski definition) is 6. The second-order valence-electron chi connectivity index (χ2n) is 9.34. The molecular weight excluding hydrogens is 492 g/mol. The number of nitrogens with one attached hydrogen (secondary N) is 2. The number of nitrogens with two attached hydrogens (primary N) is 1. The van der Waals surface area contributed by atoms with Gasteiger partial charge in [-0.3, -0.25) is 9.59 Å². The number of ether oxygens (including phenoxy) is 2. The lowest BCUT2D eigenvalue weighted by Crippen LogP contribution is -2.53. The van der Waals surface area contributed by atoms with Crippen molar-refractivity contribution in [1.82, 2.24) is 15.5 Å². The van der Waals surface area contributed by atoms with Crippen molar-refractivity contribution in [3.63, 3.8) is 0 Å². The van der Waals surface area contributed by atoms with Crippen LogP contribution in [0.15, 0.2) is 72.8 Å². The van der Waals surface area contributed by atoms with E-state index in [2.05, 4.69) is 10.6 Å². The number of methoxy groups -OCH3 is 2. The van der Waals surface area contributed by atoms with Gasteiger partial charge in [-0.2, -0.15) is 0 Å². The minimum atomic E-state index is -0.373. The maximum absolute atomic E-state index is 13.5. The lowest BCUT2D eigenvalue weighted by atomic mass is 9.98. The van der Waals surface area contributed by atoms with E-state index in [4.69, 9.17) is 15.2 Å². The highest BCUT2D eigenvalue weighted by atomic mass is 16.5. The molecule has 3 rings (SSSR count). The maximum Gasteiger partial charge on any atom is 0.253 e. The molecular formula is C31H40N4O4. The van der Waals surface area contributed by atoms with Crippen LogP contribution in [0, 0.1) is 0 Å². The lowest BCUT2D eigenvalue weighted by Gasteiger charge is -2.26. The molecule has 8 heteroatoms. The first-order chi connectivity index (χ1) is 18.9. The van der Waals surface area contributed by atoms with E-state index < -0.39 is 0 Å². The van der Waals surface area contributed by atoms with Gasteiger partial charge in [0.05, 0.1) is 14.2 Å². The van der Waals surface area contributed by atoms with Crippen LogP contribution in [-0.4, -0.2) is 62.7 Å². The molecule has 0 aliphatic heterocycles. The highest BCUT2D eigenvalue weighted by Gasteiger charge is 2.23. The fourth-order valence-electron chi connectivity index (χ4n) is 4.40. The molecule has 0 aliphatic carbocycles. The van der Waals surface area contributed by atoms with Crippen molar-refractivity contribution >= 4 is 11.8 Å². The average Bonchev–Trinajstić information content (AvgIpc) is 2.97. The number of carbonyl (C=O) groups is 2. The number of benzene rings is 3. The zero-order chi connectivity index (χ0) is 28.2. The van der Waals surface area contributed by atoms with E-state index >= 15 is 0 Å². The van der Waals surface area contributed by atoms with Crippen molar-refractivity contribution in [2.24, 2.45) is 5.73 Å². The molecule has 208 valence electrons. The van der Waals surface area contributed by atoms with Crippen molar-refractivity contribution in [1.29, 1.82) is 0 Å². The molecule has 1 unspecified atom stereocenters. The zero-order valence-electron chi connectivity index (χ0n) is 23.3. The topological polar surface area (TPSA) is 106 Å². The van der Waals surface area contributed by atoms with Crippen molar-refractivity contribution in [2.75, 3.05) is 33.9 Å². The van der Waals surface area contributed by atoms with Gasteiger partial charge in [-0.05, 0) is 61.7 Å². The molecule has 2 atom stereocenters.